The predicted molar refractivity (Wildman–Crippen MR) is 57.7 cm³/mol. The number of Topliss-reactive ketones (excluding diaryl/α,β-unsaturated/α-hetero) is 1. The Morgan fingerprint density at radius 3 is 2.47 bits per heavy atom. The van der Waals surface area contributed by atoms with Crippen LogP contribution >= 0.6 is 0 Å². The van der Waals surface area contributed by atoms with E-state index in [1.165, 1.54) is 0 Å². The topological polar surface area (TPSA) is 57.5 Å². The van der Waals surface area contributed by atoms with E-state index >= 15 is 0 Å². The summed E-state index contributed by atoms with van der Waals surface area (Å²) >= 11 is 0. The molecule has 0 amide bonds. The Bertz CT molecular complexity index is 316. The maximum atomic E-state index is 11.3. The first kappa shape index (κ1) is 11.7. The minimum absolute atomic E-state index is 0.120. The lowest BCUT2D eigenvalue weighted by Gasteiger charge is -2.08. The van der Waals surface area contributed by atoms with Crippen LogP contribution in [0.1, 0.15) is 25.3 Å². The Morgan fingerprint density at radius 1 is 1.33 bits per heavy atom. The van der Waals surface area contributed by atoms with Crippen molar-refractivity contribution in [3.05, 3.63) is 29.8 Å². The van der Waals surface area contributed by atoms with Gasteiger partial charge >= 0.3 is 0 Å². The molecule has 0 spiro atoms. The van der Waals surface area contributed by atoms with E-state index in [2.05, 4.69) is 0 Å². The first-order valence-electron chi connectivity index (χ1n) is 5.12. The number of aliphatic hydroxyl groups is 1. The van der Waals surface area contributed by atoms with Gasteiger partial charge < -0.3 is 10.2 Å². The first-order chi connectivity index (χ1) is 7.13. The zero-order valence-electron chi connectivity index (χ0n) is 8.81. The number of carbonyl (C=O) groups is 1. The van der Waals surface area contributed by atoms with Gasteiger partial charge in [-0.25, -0.2) is 0 Å². The number of ketones is 1. The highest BCUT2D eigenvalue weighted by Gasteiger charge is 2.14. The molecule has 0 saturated carbocycles. The van der Waals surface area contributed by atoms with Gasteiger partial charge in [0.25, 0.3) is 0 Å². The molecule has 0 fully saturated rings. The molecule has 1 aromatic rings. The number of hydrogen-bond acceptors (Lipinski definition) is 3. The van der Waals surface area contributed by atoms with Crippen molar-refractivity contribution >= 4 is 5.78 Å². The van der Waals surface area contributed by atoms with Crippen molar-refractivity contribution in [2.24, 2.45) is 0 Å². The molecule has 82 valence electrons. The number of rotatable bonds is 5. The fraction of sp³-hybridized carbons (Fsp3) is 0.417. The number of phenols is 1. The third-order valence-electron chi connectivity index (χ3n) is 2.23. The van der Waals surface area contributed by atoms with E-state index in [-0.39, 0.29) is 11.5 Å². The van der Waals surface area contributed by atoms with Gasteiger partial charge in [0, 0.05) is 12.8 Å². The summed E-state index contributed by atoms with van der Waals surface area (Å²) in [4.78, 5) is 11.3. The molecule has 1 rings (SSSR count). The van der Waals surface area contributed by atoms with Gasteiger partial charge in [0.1, 0.15) is 11.9 Å². The Labute approximate surface area is 89.4 Å². The average Bonchev–Trinajstić information content (AvgIpc) is 2.22. The lowest BCUT2D eigenvalue weighted by Crippen LogP contribution is -2.22. The average molecular weight is 208 g/mol. The molecule has 0 bridgehead atoms. The smallest absolute Gasteiger partial charge is 0.161 e. The van der Waals surface area contributed by atoms with E-state index in [4.69, 9.17) is 5.11 Å². The van der Waals surface area contributed by atoms with E-state index in [9.17, 15) is 9.90 Å². The van der Waals surface area contributed by atoms with E-state index in [0.717, 1.165) is 12.0 Å². The van der Waals surface area contributed by atoms with Gasteiger partial charge in [-0.05, 0) is 24.1 Å². The van der Waals surface area contributed by atoms with Crippen LogP contribution in [-0.2, 0) is 11.2 Å². The molecule has 0 aromatic heterocycles. The van der Waals surface area contributed by atoms with Gasteiger partial charge in [0.05, 0.1) is 0 Å². The normalized spacial score (nSPS) is 12.4. The molecular weight excluding hydrogens is 192 g/mol. The molecule has 0 aliphatic heterocycles. The molecule has 1 unspecified atom stereocenters. The lowest BCUT2D eigenvalue weighted by molar-refractivity contribution is -0.127. The zero-order chi connectivity index (χ0) is 11.3. The summed E-state index contributed by atoms with van der Waals surface area (Å²) in [6.07, 6.45) is 0.568. The summed E-state index contributed by atoms with van der Waals surface area (Å²) in [5.41, 5.74) is 0.852. The Kier molecular flexibility index (Phi) is 4.31. The lowest BCUT2D eigenvalue weighted by atomic mass is 10.0. The molecule has 1 aromatic carbocycles. The van der Waals surface area contributed by atoms with Crippen LogP contribution in [0.3, 0.4) is 0 Å². The number of hydrogen-bond donors (Lipinski definition) is 2. The molecule has 1 atom stereocenters. The van der Waals surface area contributed by atoms with Crippen molar-refractivity contribution in [2.45, 2.75) is 32.3 Å². The molecule has 2 N–H and O–H groups in total. The third-order valence-corrected chi connectivity index (χ3v) is 2.23. The molecule has 15 heavy (non-hydrogen) atoms. The second-order valence-electron chi connectivity index (χ2n) is 3.60. The highest BCUT2D eigenvalue weighted by molar-refractivity contribution is 5.83. The molecule has 0 radical (unpaired) electrons. The molecule has 0 heterocycles. The Balaban J connectivity index is 2.54. The summed E-state index contributed by atoms with van der Waals surface area (Å²) in [6, 6.07) is 6.51. The summed E-state index contributed by atoms with van der Waals surface area (Å²) in [5.74, 6) is 0.0682. The van der Waals surface area contributed by atoms with Crippen LogP contribution in [0.5, 0.6) is 5.75 Å². The van der Waals surface area contributed by atoms with Crippen LogP contribution in [0.15, 0.2) is 24.3 Å². The van der Waals surface area contributed by atoms with Crippen molar-refractivity contribution in [1.29, 1.82) is 0 Å². The van der Waals surface area contributed by atoms with Crippen LogP contribution in [0.4, 0.5) is 0 Å². The van der Waals surface area contributed by atoms with E-state index in [1.54, 1.807) is 24.3 Å². The number of phenolic OH excluding ortho intramolecular Hbond substituents is 1. The molecule has 0 aliphatic carbocycles. The second-order valence-corrected chi connectivity index (χ2v) is 3.60. The van der Waals surface area contributed by atoms with Crippen molar-refractivity contribution in [1.82, 2.24) is 0 Å². The van der Waals surface area contributed by atoms with Crippen molar-refractivity contribution < 1.29 is 15.0 Å². The van der Waals surface area contributed by atoms with E-state index < -0.39 is 6.10 Å². The second kappa shape index (κ2) is 5.51. The first-order valence-corrected chi connectivity index (χ1v) is 5.12. The fourth-order valence-corrected chi connectivity index (χ4v) is 1.38. The highest BCUT2D eigenvalue weighted by atomic mass is 16.3. The van der Waals surface area contributed by atoms with Crippen molar-refractivity contribution in [3.8, 4) is 5.75 Å². The maximum Gasteiger partial charge on any atom is 0.161 e. The molecule has 0 saturated heterocycles. The summed E-state index contributed by atoms with van der Waals surface area (Å²) in [7, 11) is 0. The summed E-state index contributed by atoms with van der Waals surface area (Å²) in [5, 5.41) is 18.6. The van der Waals surface area contributed by atoms with Crippen LogP contribution in [-0.4, -0.2) is 22.1 Å². The predicted octanol–water partition coefficient (Wildman–Crippen LogP) is 1.66. The minimum atomic E-state index is -0.922. The quantitative estimate of drug-likeness (QED) is 0.773. The minimum Gasteiger partial charge on any atom is -0.508 e. The van der Waals surface area contributed by atoms with Crippen LogP contribution in [0, 0.1) is 0 Å². The van der Waals surface area contributed by atoms with Crippen molar-refractivity contribution in [2.75, 3.05) is 0 Å². The molecule has 0 aliphatic rings. The maximum absolute atomic E-state index is 11.3. The number of carbonyl (C=O) groups excluding carboxylic acids is 1. The van der Waals surface area contributed by atoms with Crippen LogP contribution in [0.2, 0.25) is 0 Å². The Morgan fingerprint density at radius 2 is 1.93 bits per heavy atom. The molecular formula is C12H16O3. The van der Waals surface area contributed by atoms with Gasteiger partial charge in [0.2, 0.25) is 0 Å². The van der Waals surface area contributed by atoms with Gasteiger partial charge in [-0.1, -0.05) is 19.1 Å². The SMILES string of the molecule is CCCC(=O)C(O)Cc1ccc(O)cc1. The van der Waals surface area contributed by atoms with Gasteiger partial charge in [-0.2, -0.15) is 0 Å². The van der Waals surface area contributed by atoms with E-state index in [0.29, 0.717) is 12.8 Å². The van der Waals surface area contributed by atoms with Crippen LogP contribution < -0.4 is 0 Å². The highest BCUT2D eigenvalue weighted by Crippen LogP contribution is 2.12. The monoisotopic (exact) mass is 208 g/mol. The molecule has 3 heteroatoms. The van der Waals surface area contributed by atoms with Gasteiger partial charge in [-0.15, -0.1) is 0 Å². The third kappa shape index (κ3) is 3.72. The number of benzene rings is 1. The summed E-state index contributed by atoms with van der Waals surface area (Å²) in [6.45, 7) is 1.91. The van der Waals surface area contributed by atoms with Crippen LogP contribution in [0.25, 0.3) is 0 Å². The standard InChI is InChI=1S/C12H16O3/c1-2-3-11(14)12(15)8-9-4-6-10(13)7-5-9/h4-7,12-13,15H,2-3,8H2,1H3. The number of aromatic hydroxyl groups is 1. The van der Waals surface area contributed by atoms with E-state index in [1.807, 2.05) is 6.92 Å². The molecule has 3 nitrogen and oxygen atoms in total. The summed E-state index contributed by atoms with van der Waals surface area (Å²) < 4.78 is 0. The zero-order valence-corrected chi connectivity index (χ0v) is 8.81. The Hall–Kier alpha value is -1.35. The fourth-order valence-electron chi connectivity index (χ4n) is 1.38. The largest absolute Gasteiger partial charge is 0.508 e. The van der Waals surface area contributed by atoms with Gasteiger partial charge in [0.15, 0.2) is 5.78 Å². The van der Waals surface area contributed by atoms with Crippen molar-refractivity contribution in [3.63, 3.8) is 0 Å². The van der Waals surface area contributed by atoms with Gasteiger partial charge in [-0.3, -0.25) is 4.79 Å². The number of aliphatic hydroxyl groups excluding tert-OH is 1.